The molecule has 17 heavy (non-hydrogen) atoms. The molecule has 7 unspecified atom stereocenters. The molecule has 0 aromatic carbocycles. The highest BCUT2D eigenvalue weighted by Gasteiger charge is 2.62. The van der Waals surface area contributed by atoms with E-state index < -0.39 is 10.0 Å². The summed E-state index contributed by atoms with van der Waals surface area (Å²) in [6, 6.07) is 0.260. The second-order valence-corrected chi connectivity index (χ2v) is 8.66. The van der Waals surface area contributed by atoms with E-state index in [2.05, 4.69) is 4.72 Å². The van der Waals surface area contributed by atoms with E-state index >= 15 is 0 Å². The Hall–Kier alpha value is -0.0900. The first kappa shape index (κ1) is 10.8. The highest BCUT2D eigenvalue weighted by atomic mass is 32.2. The van der Waals surface area contributed by atoms with Crippen molar-refractivity contribution >= 4 is 10.0 Å². The van der Waals surface area contributed by atoms with Crippen molar-refractivity contribution in [3.05, 3.63) is 0 Å². The average molecular weight is 255 g/mol. The molecule has 0 saturated heterocycles. The quantitative estimate of drug-likeness (QED) is 0.762. The fourth-order valence-corrected chi connectivity index (χ4v) is 6.80. The molecule has 4 aliphatic rings. The molecule has 4 bridgehead atoms. The number of hydrogen-bond acceptors (Lipinski definition) is 2. The van der Waals surface area contributed by atoms with Gasteiger partial charge in [-0.2, -0.15) is 0 Å². The Morgan fingerprint density at radius 1 is 0.941 bits per heavy atom. The van der Waals surface area contributed by atoms with E-state index in [1.807, 2.05) is 0 Å². The van der Waals surface area contributed by atoms with E-state index in [-0.39, 0.29) is 6.04 Å². The maximum absolute atomic E-state index is 11.4. The normalized spacial score (nSPS) is 55.5. The van der Waals surface area contributed by atoms with Gasteiger partial charge < -0.3 is 0 Å². The molecule has 1 N–H and O–H groups in total. The van der Waals surface area contributed by atoms with Crippen LogP contribution in [0.2, 0.25) is 0 Å². The zero-order valence-corrected chi connectivity index (χ0v) is 11.1. The summed E-state index contributed by atoms with van der Waals surface area (Å²) in [6.45, 7) is 0. The van der Waals surface area contributed by atoms with Crippen molar-refractivity contribution in [2.75, 3.05) is 6.26 Å². The van der Waals surface area contributed by atoms with Crippen LogP contribution in [0.3, 0.4) is 0 Å². The maximum atomic E-state index is 11.4. The van der Waals surface area contributed by atoms with E-state index in [9.17, 15) is 8.42 Å². The fourth-order valence-electron chi connectivity index (χ4n) is 5.98. The smallest absolute Gasteiger partial charge is 0.208 e. The molecule has 3 nitrogen and oxygen atoms in total. The summed E-state index contributed by atoms with van der Waals surface area (Å²) in [4.78, 5) is 0. The van der Waals surface area contributed by atoms with Crippen LogP contribution in [0.25, 0.3) is 0 Å². The van der Waals surface area contributed by atoms with E-state index in [1.54, 1.807) is 0 Å². The van der Waals surface area contributed by atoms with Gasteiger partial charge in [-0.25, -0.2) is 13.1 Å². The lowest BCUT2D eigenvalue weighted by Crippen LogP contribution is -2.44. The van der Waals surface area contributed by atoms with E-state index in [4.69, 9.17) is 0 Å². The molecule has 0 spiro atoms. The molecular formula is C13H21NO2S. The van der Waals surface area contributed by atoms with E-state index in [0.717, 1.165) is 36.0 Å². The van der Waals surface area contributed by atoms with Gasteiger partial charge in [-0.05, 0) is 67.6 Å². The Kier molecular flexibility index (Phi) is 2.07. The minimum Gasteiger partial charge on any atom is -0.213 e. The molecule has 7 atom stereocenters. The van der Waals surface area contributed by atoms with Crippen LogP contribution in [-0.2, 0) is 10.0 Å². The van der Waals surface area contributed by atoms with Crippen molar-refractivity contribution in [2.24, 2.45) is 35.5 Å². The lowest BCUT2D eigenvalue weighted by atomic mass is 9.69. The second-order valence-electron chi connectivity index (χ2n) is 6.88. The number of rotatable bonds is 2. The van der Waals surface area contributed by atoms with Crippen molar-refractivity contribution in [3.8, 4) is 0 Å². The van der Waals surface area contributed by atoms with Crippen LogP contribution in [0, 0.1) is 35.5 Å². The van der Waals surface area contributed by atoms with Gasteiger partial charge >= 0.3 is 0 Å². The Morgan fingerprint density at radius 3 is 2.35 bits per heavy atom. The van der Waals surface area contributed by atoms with Crippen LogP contribution in [0.15, 0.2) is 0 Å². The molecule has 0 aromatic heterocycles. The van der Waals surface area contributed by atoms with Gasteiger partial charge in [0.1, 0.15) is 0 Å². The standard InChI is InChI=1S/C13H21NO2S/c1-17(15,16)14-11-6-9-5-10(11)13-8-3-2-7(4-8)12(9)13/h7-14H,2-6H2,1H3. The Morgan fingerprint density at radius 2 is 1.65 bits per heavy atom. The van der Waals surface area contributed by atoms with Crippen LogP contribution >= 0.6 is 0 Å². The Balaban J connectivity index is 1.59. The molecule has 0 radical (unpaired) electrons. The van der Waals surface area contributed by atoms with Gasteiger partial charge in [0.05, 0.1) is 6.26 Å². The molecule has 0 amide bonds. The summed E-state index contributed by atoms with van der Waals surface area (Å²) < 4.78 is 25.7. The van der Waals surface area contributed by atoms with Gasteiger partial charge in [-0.15, -0.1) is 0 Å². The third kappa shape index (κ3) is 1.46. The van der Waals surface area contributed by atoms with Gasteiger partial charge in [0.15, 0.2) is 0 Å². The fraction of sp³-hybridized carbons (Fsp3) is 1.00. The first-order chi connectivity index (χ1) is 8.03. The highest BCUT2D eigenvalue weighted by Crippen LogP contribution is 2.67. The Bertz CT molecular complexity index is 446. The topological polar surface area (TPSA) is 46.2 Å². The molecule has 4 heteroatoms. The minimum atomic E-state index is -3.02. The molecule has 4 aliphatic carbocycles. The molecule has 0 heterocycles. The van der Waals surface area contributed by atoms with Crippen molar-refractivity contribution in [2.45, 2.75) is 38.1 Å². The highest BCUT2D eigenvalue weighted by molar-refractivity contribution is 7.88. The summed E-state index contributed by atoms with van der Waals surface area (Å²) in [5, 5.41) is 0. The monoisotopic (exact) mass is 255 g/mol. The summed E-state index contributed by atoms with van der Waals surface area (Å²) in [5.74, 6) is 5.26. The summed E-state index contributed by atoms with van der Waals surface area (Å²) in [7, 11) is -3.02. The SMILES string of the molecule is CS(=O)(=O)NC1CC2CC1C1C3CCC(C3)C21. The number of nitrogens with one attached hydrogen (secondary N) is 1. The lowest BCUT2D eigenvalue weighted by molar-refractivity contribution is 0.127. The molecule has 4 rings (SSSR count). The van der Waals surface area contributed by atoms with Gasteiger partial charge in [-0.1, -0.05) is 0 Å². The van der Waals surface area contributed by atoms with Gasteiger partial charge in [0.2, 0.25) is 10.0 Å². The third-order valence-electron chi connectivity index (χ3n) is 6.10. The lowest BCUT2D eigenvalue weighted by Gasteiger charge is -2.38. The van der Waals surface area contributed by atoms with Crippen molar-refractivity contribution in [1.29, 1.82) is 0 Å². The molecule has 0 aromatic rings. The van der Waals surface area contributed by atoms with Crippen LogP contribution in [-0.4, -0.2) is 20.7 Å². The van der Waals surface area contributed by atoms with Crippen LogP contribution in [0.5, 0.6) is 0 Å². The van der Waals surface area contributed by atoms with Crippen molar-refractivity contribution in [3.63, 3.8) is 0 Å². The van der Waals surface area contributed by atoms with Gasteiger partial charge in [0.25, 0.3) is 0 Å². The maximum Gasteiger partial charge on any atom is 0.208 e. The third-order valence-corrected chi connectivity index (χ3v) is 6.83. The molecule has 0 aliphatic heterocycles. The Labute approximate surface area is 103 Å². The van der Waals surface area contributed by atoms with Crippen LogP contribution < -0.4 is 4.72 Å². The predicted octanol–water partition coefficient (Wildman–Crippen LogP) is 1.61. The van der Waals surface area contributed by atoms with Gasteiger partial charge in [0, 0.05) is 6.04 Å². The van der Waals surface area contributed by atoms with Gasteiger partial charge in [-0.3, -0.25) is 0 Å². The molecule has 4 saturated carbocycles. The first-order valence-corrected chi connectivity index (χ1v) is 8.89. The van der Waals surface area contributed by atoms with Crippen LogP contribution in [0.4, 0.5) is 0 Å². The molecule has 96 valence electrons. The summed E-state index contributed by atoms with van der Waals surface area (Å²) in [5.41, 5.74) is 0. The number of sulfonamides is 1. The minimum absolute atomic E-state index is 0.260. The zero-order chi connectivity index (χ0) is 11.8. The number of fused-ring (bicyclic) bond motifs is 9. The van der Waals surface area contributed by atoms with Crippen molar-refractivity contribution in [1.82, 2.24) is 4.72 Å². The molecular weight excluding hydrogens is 234 g/mol. The van der Waals surface area contributed by atoms with Crippen molar-refractivity contribution < 1.29 is 8.42 Å². The first-order valence-electron chi connectivity index (χ1n) is 7.00. The second kappa shape index (κ2) is 3.27. The van der Waals surface area contributed by atoms with E-state index in [0.29, 0.717) is 5.92 Å². The molecule has 4 fully saturated rings. The summed E-state index contributed by atoms with van der Waals surface area (Å²) >= 11 is 0. The zero-order valence-electron chi connectivity index (χ0n) is 10.3. The largest absolute Gasteiger partial charge is 0.213 e. The van der Waals surface area contributed by atoms with E-state index in [1.165, 1.54) is 31.9 Å². The summed E-state index contributed by atoms with van der Waals surface area (Å²) in [6.07, 6.45) is 8.04. The van der Waals surface area contributed by atoms with Crippen LogP contribution in [0.1, 0.15) is 32.1 Å². The predicted molar refractivity (Wildman–Crippen MR) is 65.8 cm³/mol. The number of hydrogen-bond donors (Lipinski definition) is 1. The average Bonchev–Trinajstić information content (AvgIpc) is 2.91.